The van der Waals surface area contributed by atoms with Crippen LogP contribution < -0.4 is 15.4 Å². The Hall–Kier alpha value is -2.45. The smallest absolute Gasteiger partial charge is 0.255 e. The number of amides is 3. The first kappa shape index (κ1) is 23.3. The number of imide groups is 1. The SMILES string of the molecule is O=C1CCC(N2Cc3cc(O[C@H]4CCCCC[C@H]4NCC4CCOCC4)ccc3C2=O)C(=O)N1. The molecule has 2 saturated heterocycles. The molecule has 4 aliphatic rings. The third-order valence-electron chi connectivity index (χ3n) is 7.74. The van der Waals surface area contributed by atoms with Gasteiger partial charge in [0.2, 0.25) is 11.8 Å². The minimum Gasteiger partial charge on any atom is -0.489 e. The highest BCUT2D eigenvalue weighted by atomic mass is 16.5. The van der Waals surface area contributed by atoms with Crippen molar-refractivity contribution in [2.45, 2.75) is 82.5 Å². The summed E-state index contributed by atoms with van der Waals surface area (Å²) in [5.74, 6) is 0.639. The number of benzene rings is 1. The predicted octanol–water partition coefficient (Wildman–Crippen LogP) is 2.54. The van der Waals surface area contributed by atoms with Crippen molar-refractivity contribution in [1.29, 1.82) is 0 Å². The first-order chi connectivity index (χ1) is 16.6. The summed E-state index contributed by atoms with van der Waals surface area (Å²) < 4.78 is 12.0. The minimum absolute atomic E-state index is 0.101. The van der Waals surface area contributed by atoms with Crippen molar-refractivity contribution in [3.63, 3.8) is 0 Å². The lowest BCUT2D eigenvalue weighted by Crippen LogP contribution is -2.52. The fourth-order valence-electron chi connectivity index (χ4n) is 5.72. The highest BCUT2D eigenvalue weighted by molar-refractivity contribution is 6.05. The Labute approximate surface area is 200 Å². The molecule has 0 spiro atoms. The van der Waals surface area contributed by atoms with Crippen LogP contribution in [0.25, 0.3) is 0 Å². The van der Waals surface area contributed by atoms with E-state index in [9.17, 15) is 14.4 Å². The number of nitrogens with zero attached hydrogens (tertiary/aromatic N) is 1. The summed E-state index contributed by atoms with van der Waals surface area (Å²) in [4.78, 5) is 38.3. The molecule has 5 rings (SSSR count). The molecular formula is C26H35N3O5. The summed E-state index contributed by atoms with van der Waals surface area (Å²) in [7, 11) is 0. The molecule has 8 heteroatoms. The van der Waals surface area contributed by atoms with Gasteiger partial charge in [-0.05, 0) is 74.8 Å². The van der Waals surface area contributed by atoms with Crippen molar-refractivity contribution < 1.29 is 23.9 Å². The molecule has 3 heterocycles. The van der Waals surface area contributed by atoms with E-state index in [1.54, 1.807) is 4.90 Å². The van der Waals surface area contributed by atoms with Crippen LogP contribution in [0.2, 0.25) is 0 Å². The second-order valence-electron chi connectivity index (χ2n) is 10.1. The van der Waals surface area contributed by atoms with Gasteiger partial charge >= 0.3 is 0 Å². The van der Waals surface area contributed by atoms with Crippen molar-refractivity contribution in [3.8, 4) is 5.75 Å². The van der Waals surface area contributed by atoms with Crippen LogP contribution in [-0.2, 0) is 20.9 Å². The number of fused-ring (bicyclic) bond motifs is 1. The Balaban J connectivity index is 1.24. The minimum atomic E-state index is -0.595. The summed E-state index contributed by atoms with van der Waals surface area (Å²) in [5.41, 5.74) is 1.50. The summed E-state index contributed by atoms with van der Waals surface area (Å²) in [6, 6.07) is 5.38. The standard InChI is InChI=1S/C26H35N3O5/c30-24-9-8-22(25(31)28-24)29-16-18-14-19(6-7-20(18)26(29)32)34-23-5-3-1-2-4-21(23)27-15-17-10-12-33-13-11-17/h6-7,14,17,21-23,27H,1-5,8-13,15-16H2,(H,28,30,31)/t21-,22?,23+/m1/s1. The fraction of sp³-hybridized carbons (Fsp3) is 0.654. The summed E-state index contributed by atoms with van der Waals surface area (Å²) in [5, 5.41) is 6.16. The van der Waals surface area contributed by atoms with Crippen LogP contribution in [0, 0.1) is 5.92 Å². The molecule has 0 aromatic heterocycles. The van der Waals surface area contributed by atoms with Crippen molar-refractivity contribution in [1.82, 2.24) is 15.5 Å². The van der Waals surface area contributed by atoms with Crippen LogP contribution in [0.4, 0.5) is 0 Å². The zero-order valence-corrected chi connectivity index (χ0v) is 19.7. The van der Waals surface area contributed by atoms with Gasteiger partial charge in [0.05, 0.1) is 0 Å². The second kappa shape index (κ2) is 10.4. The monoisotopic (exact) mass is 469 g/mol. The number of hydrogen-bond acceptors (Lipinski definition) is 6. The molecule has 0 radical (unpaired) electrons. The summed E-state index contributed by atoms with van der Waals surface area (Å²) >= 11 is 0. The lowest BCUT2D eigenvalue weighted by molar-refractivity contribution is -0.136. The van der Waals surface area contributed by atoms with Gasteiger partial charge in [-0.15, -0.1) is 0 Å². The lowest BCUT2D eigenvalue weighted by atomic mass is 9.98. The van der Waals surface area contributed by atoms with E-state index in [-0.39, 0.29) is 30.2 Å². The van der Waals surface area contributed by atoms with Gasteiger partial charge in [0.25, 0.3) is 5.91 Å². The van der Waals surface area contributed by atoms with E-state index >= 15 is 0 Å². The maximum absolute atomic E-state index is 13.0. The van der Waals surface area contributed by atoms with Crippen LogP contribution in [0.3, 0.4) is 0 Å². The third-order valence-corrected chi connectivity index (χ3v) is 7.74. The van der Waals surface area contributed by atoms with Crippen molar-refractivity contribution >= 4 is 17.7 Å². The van der Waals surface area contributed by atoms with Gasteiger partial charge in [-0.1, -0.05) is 12.8 Å². The number of piperidine rings is 1. The normalized spacial score (nSPS) is 28.4. The van der Waals surface area contributed by atoms with Crippen molar-refractivity contribution in [2.75, 3.05) is 19.8 Å². The van der Waals surface area contributed by atoms with Crippen LogP contribution in [0.1, 0.15) is 73.7 Å². The van der Waals surface area contributed by atoms with Crippen LogP contribution in [0.15, 0.2) is 18.2 Å². The largest absolute Gasteiger partial charge is 0.489 e. The molecule has 3 aliphatic heterocycles. The molecule has 34 heavy (non-hydrogen) atoms. The Morgan fingerprint density at radius 3 is 2.68 bits per heavy atom. The quantitative estimate of drug-likeness (QED) is 0.491. The first-order valence-electron chi connectivity index (χ1n) is 12.8. The number of carbonyl (C=O) groups excluding carboxylic acids is 3. The molecule has 2 N–H and O–H groups in total. The average molecular weight is 470 g/mol. The molecule has 1 aliphatic carbocycles. The number of ether oxygens (including phenoxy) is 2. The Morgan fingerprint density at radius 2 is 1.85 bits per heavy atom. The molecule has 1 saturated carbocycles. The van der Waals surface area contributed by atoms with Crippen molar-refractivity contribution in [2.24, 2.45) is 5.92 Å². The van der Waals surface area contributed by atoms with Gasteiger partial charge in [-0.3, -0.25) is 19.7 Å². The van der Waals surface area contributed by atoms with Gasteiger partial charge in [-0.2, -0.15) is 0 Å². The third kappa shape index (κ3) is 5.13. The van der Waals surface area contributed by atoms with E-state index in [4.69, 9.17) is 9.47 Å². The Bertz CT molecular complexity index is 929. The molecule has 1 aromatic rings. The van der Waals surface area contributed by atoms with Gasteiger partial charge in [-0.25, -0.2) is 0 Å². The molecule has 1 unspecified atom stereocenters. The predicted molar refractivity (Wildman–Crippen MR) is 125 cm³/mol. The van der Waals surface area contributed by atoms with E-state index < -0.39 is 6.04 Å². The fourth-order valence-corrected chi connectivity index (χ4v) is 5.72. The van der Waals surface area contributed by atoms with E-state index in [0.29, 0.717) is 30.5 Å². The molecule has 8 nitrogen and oxygen atoms in total. The van der Waals surface area contributed by atoms with Gasteiger partial charge in [0, 0.05) is 37.8 Å². The molecule has 184 valence electrons. The molecule has 3 amide bonds. The highest BCUT2D eigenvalue weighted by Gasteiger charge is 2.39. The highest BCUT2D eigenvalue weighted by Crippen LogP contribution is 2.32. The summed E-state index contributed by atoms with van der Waals surface area (Å²) in [6.07, 6.45) is 8.70. The topological polar surface area (TPSA) is 97.0 Å². The first-order valence-corrected chi connectivity index (χ1v) is 12.8. The van der Waals surface area contributed by atoms with Crippen LogP contribution in [-0.4, -0.2) is 60.6 Å². The molecular weight excluding hydrogens is 434 g/mol. The Morgan fingerprint density at radius 1 is 1.03 bits per heavy atom. The molecule has 3 fully saturated rings. The van der Waals surface area contributed by atoms with E-state index in [2.05, 4.69) is 10.6 Å². The molecule has 0 bridgehead atoms. The van der Waals surface area contributed by atoms with E-state index in [1.165, 1.54) is 12.8 Å². The Kier molecular flexibility index (Phi) is 7.15. The maximum Gasteiger partial charge on any atom is 0.255 e. The maximum atomic E-state index is 13.0. The molecule has 3 atom stereocenters. The lowest BCUT2D eigenvalue weighted by Gasteiger charge is -2.30. The number of hydrogen-bond donors (Lipinski definition) is 2. The van der Waals surface area contributed by atoms with Gasteiger partial charge in [0.1, 0.15) is 17.9 Å². The van der Waals surface area contributed by atoms with Gasteiger partial charge < -0.3 is 19.7 Å². The van der Waals surface area contributed by atoms with Crippen molar-refractivity contribution in [3.05, 3.63) is 29.3 Å². The van der Waals surface area contributed by atoms with E-state index in [1.807, 2.05) is 18.2 Å². The van der Waals surface area contributed by atoms with Crippen LogP contribution in [0.5, 0.6) is 5.75 Å². The second-order valence-corrected chi connectivity index (χ2v) is 10.1. The van der Waals surface area contributed by atoms with E-state index in [0.717, 1.165) is 63.2 Å². The molecule has 1 aromatic carbocycles. The zero-order valence-electron chi connectivity index (χ0n) is 19.7. The number of carbonyl (C=O) groups is 3. The number of nitrogens with one attached hydrogen (secondary N) is 2. The average Bonchev–Trinajstić information content (AvgIpc) is 3.00. The zero-order chi connectivity index (χ0) is 23.5. The number of rotatable bonds is 6. The van der Waals surface area contributed by atoms with Crippen LogP contribution >= 0.6 is 0 Å². The summed E-state index contributed by atoms with van der Waals surface area (Å²) in [6.45, 7) is 3.10. The van der Waals surface area contributed by atoms with Gasteiger partial charge in [0.15, 0.2) is 0 Å².